The van der Waals surface area contributed by atoms with Crippen LogP contribution in [0.1, 0.15) is 5.69 Å². The summed E-state index contributed by atoms with van der Waals surface area (Å²) in [4.78, 5) is 0. The lowest BCUT2D eigenvalue weighted by molar-refractivity contribution is 0.909. The maximum Gasteiger partial charge on any atom is 0.0935 e. The van der Waals surface area contributed by atoms with Gasteiger partial charge in [-0.1, -0.05) is 22.0 Å². The van der Waals surface area contributed by atoms with Crippen molar-refractivity contribution >= 4 is 26.8 Å². The summed E-state index contributed by atoms with van der Waals surface area (Å²) in [7, 11) is 0. The summed E-state index contributed by atoms with van der Waals surface area (Å²) in [5.74, 6) is 0. The quantitative estimate of drug-likeness (QED) is 0.841. The molecule has 0 spiro atoms. The highest BCUT2D eigenvalue weighted by molar-refractivity contribution is 9.10. The molecule has 0 saturated heterocycles. The molecule has 2 aromatic rings. The van der Waals surface area contributed by atoms with E-state index in [0.29, 0.717) is 6.54 Å². The number of aromatic nitrogens is 2. The lowest BCUT2D eigenvalue weighted by atomic mass is 10.2. The molecule has 0 bridgehead atoms. The Morgan fingerprint density at radius 1 is 1.46 bits per heavy atom. The van der Waals surface area contributed by atoms with E-state index in [9.17, 15) is 0 Å². The highest BCUT2D eigenvalue weighted by atomic mass is 79.9. The number of nitrogens with zero attached hydrogens (tertiary/aromatic N) is 1. The van der Waals surface area contributed by atoms with Crippen LogP contribution in [0, 0.1) is 0 Å². The summed E-state index contributed by atoms with van der Waals surface area (Å²) in [6.45, 7) is 0.638. The second kappa shape index (κ2) is 3.47. The van der Waals surface area contributed by atoms with E-state index < -0.39 is 0 Å². The monoisotopic (exact) mass is 239 g/mol. The Labute approximate surface area is 84.4 Å². The maximum atomic E-state index is 5.50. The zero-order valence-electron chi connectivity index (χ0n) is 7.05. The van der Waals surface area contributed by atoms with Gasteiger partial charge in [0.15, 0.2) is 0 Å². The number of H-pyrrole nitrogens is 1. The molecule has 0 unspecified atom stereocenters. The van der Waals surface area contributed by atoms with Crippen LogP contribution in [0.2, 0.25) is 0 Å². The minimum Gasteiger partial charge on any atom is -0.330 e. The van der Waals surface area contributed by atoms with Crippen LogP contribution in [-0.2, 0) is 6.42 Å². The molecule has 0 atom stereocenters. The number of hydrogen-bond acceptors (Lipinski definition) is 2. The molecule has 1 aromatic carbocycles. The van der Waals surface area contributed by atoms with Crippen molar-refractivity contribution in [1.29, 1.82) is 0 Å². The number of nitrogens with two attached hydrogens (primary N) is 1. The van der Waals surface area contributed by atoms with E-state index in [1.54, 1.807) is 0 Å². The summed E-state index contributed by atoms with van der Waals surface area (Å²) < 4.78 is 1.07. The number of benzene rings is 1. The smallest absolute Gasteiger partial charge is 0.0935 e. The summed E-state index contributed by atoms with van der Waals surface area (Å²) >= 11 is 3.50. The van der Waals surface area contributed by atoms with Crippen LogP contribution in [0.5, 0.6) is 0 Å². The van der Waals surface area contributed by atoms with Crippen molar-refractivity contribution in [2.24, 2.45) is 5.73 Å². The minimum absolute atomic E-state index is 0.638. The lowest BCUT2D eigenvalue weighted by Gasteiger charge is -1.96. The van der Waals surface area contributed by atoms with E-state index in [1.807, 2.05) is 18.2 Å². The predicted octanol–water partition coefficient (Wildman–Crippen LogP) is 1.83. The fourth-order valence-corrected chi connectivity index (χ4v) is 2.01. The highest BCUT2D eigenvalue weighted by Crippen LogP contribution is 2.25. The van der Waals surface area contributed by atoms with E-state index in [2.05, 4.69) is 26.1 Å². The molecule has 0 aliphatic carbocycles. The first-order chi connectivity index (χ1) is 6.33. The fourth-order valence-electron chi connectivity index (χ4n) is 1.41. The Balaban J connectivity index is 2.64. The van der Waals surface area contributed by atoms with Gasteiger partial charge in [-0.3, -0.25) is 5.10 Å². The first kappa shape index (κ1) is 8.72. The van der Waals surface area contributed by atoms with Crippen LogP contribution in [0.25, 0.3) is 10.9 Å². The molecule has 1 heterocycles. The summed E-state index contributed by atoms with van der Waals surface area (Å²) in [6.07, 6.45) is 0.832. The van der Waals surface area contributed by atoms with Gasteiger partial charge in [0.2, 0.25) is 0 Å². The van der Waals surface area contributed by atoms with Gasteiger partial charge in [0.05, 0.1) is 5.52 Å². The topological polar surface area (TPSA) is 54.7 Å². The zero-order chi connectivity index (χ0) is 9.26. The van der Waals surface area contributed by atoms with Gasteiger partial charge in [0.1, 0.15) is 0 Å². The first-order valence-corrected chi connectivity index (χ1v) is 4.94. The average molecular weight is 240 g/mol. The molecule has 4 heteroatoms. The number of rotatable bonds is 2. The molecule has 0 aliphatic heterocycles. The van der Waals surface area contributed by atoms with Crippen LogP contribution in [0.4, 0.5) is 0 Å². The van der Waals surface area contributed by atoms with Gasteiger partial charge in [-0.25, -0.2) is 0 Å². The molecule has 13 heavy (non-hydrogen) atoms. The molecular formula is C9H10BrN3. The largest absolute Gasteiger partial charge is 0.330 e. The molecular weight excluding hydrogens is 230 g/mol. The van der Waals surface area contributed by atoms with Crippen LogP contribution in [-0.4, -0.2) is 16.7 Å². The minimum atomic E-state index is 0.638. The first-order valence-electron chi connectivity index (χ1n) is 4.14. The van der Waals surface area contributed by atoms with Crippen molar-refractivity contribution in [3.8, 4) is 0 Å². The van der Waals surface area contributed by atoms with E-state index in [-0.39, 0.29) is 0 Å². The van der Waals surface area contributed by atoms with E-state index in [0.717, 1.165) is 27.5 Å². The van der Waals surface area contributed by atoms with Crippen LogP contribution in [0.3, 0.4) is 0 Å². The summed E-state index contributed by atoms with van der Waals surface area (Å²) in [5.41, 5.74) is 7.58. The normalized spacial score (nSPS) is 10.9. The molecule has 0 amide bonds. The maximum absolute atomic E-state index is 5.50. The Morgan fingerprint density at radius 3 is 3.08 bits per heavy atom. The van der Waals surface area contributed by atoms with Crippen molar-refractivity contribution in [1.82, 2.24) is 10.2 Å². The molecule has 0 radical (unpaired) electrons. The highest BCUT2D eigenvalue weighted by Gasteiger charge is 2.06. The number of fused-ring (bicyclic) bond motifs is 1. The van der Waals surface area contributed by atoms with Crippen molar-refractivity contribution in [3.63, 3.8) is 0 Å². The molecule has 3 nitrogen and oxygen atoms in total. The Kier molecular flexibility index (Phi) is 2.33. The van der Waals surface area contributed by atoms with Gasteiger partial charge in [-0.2, -0.15) is 5.10 Å². The van der Waals surface area contributed by atoms with Gasteiger partial charge in [-0.15, -0.1) is 0 Å². The standard InChI is InChI=1S/C9H10BrN3/c10-6-2-1-3-7-9(6)8(4-5-11)13-12-7/h1-3H,4-5,11H2,(H,12,13). The summed E-state index contributed by atoms with van der Waals surface area (Å²) in [5, 5.41) is 8.33. The van der Waals surface area contributed by atoms with E-state index >= 15 is 0 Å². The van der Waals surface area contributed by atoms with Crippen molar-refractivity contribution in [3.05, 3.63) is 28.4 Å². The average Bonchev–Trinajstić information content (AvgIpc) is 2.51. The predicted molar refractivity (Wildman–Crippen MR) is 56.6 cm³/mol. The van der Waals surface area contributed by atoms with Crippen molar-refractivity contribution in [2.75, 3.05) is 6.54 Å². The van der Waals surface area contributed by atoms with Gasteiger partial charge in [0.25, 0.3) is 0 Å². The Hall–Kier alpha value is -0.870. The lowest BCUT2D eigenvalue weighted by Crippen LogP contribution is -2.03. The van der Waals surface area contributed by atoms with Crippen molar-refractivity contribution in [2.45, 2.75) is 6.42 Å². The third-order valence-corrected chi connectivity index (χ3v) is 2.66. The molecule has 0 fully saturated rings. The van der Waals surface area contributed by atoms with Crippen LogP contribution in [0.15, 0.2) is 22.7 Å². The molecule has 2 rings (SSSR count). The van der Waals surface area contributed by atoms with Crippen LogP contribution < -0.4 is 5.73 Å². The van der Waals surface area contributed by atoms with Gasteiger partial charge in [0, 0.05) is 22.0 Å². The number of nitrogens with one attached hydrogen (secondary N) is 1. The molecule has 68 valence electrons. The Morgan fingerprint density at radius 2 is 2.31 bits per heavy atom. The van der Waals surface area contributed by atoms with E-state index in [1.165, 1.54) is 0 Å². The molecule has 1 aromatic heterocycles. The van der Waals surface area contributed by atoms with Gasteiger partial charge in [-0.05, 0) is 18.7 Å². The second-order valence-corrected chi connectivity index (χ2v) is 3.73. The molecule has 0 saturated carbocycles. The zero-order valence-corrected chi connectivity index (χ0v) is 8.63. The number of hydrogen-bond donors (Lipinski definition) is 2. The molecule has 0 aliphatic rings. The number of aromatic amines is 1. The summed E-state index contributed by atoms with van der Waals surface area (Å²) in [6, 6.07) is 5.97. The van der Waals surface area contributed by atoms with Gasteiger partial charge >= 0.3 is 0 Å². The molecule has 3 N–H and O–H groups in total. The van der Waals surface area contributed by atoms with Gasteiger partial charge < -0.3 is 5.73 Å². The number of halogens is 1. The third kappa shape index (κ3) is 1.47. The van der Waals surface area contributed by atoms with E-state index in [4.69, 9.17) is 5.73 Å². The SMILES string of the molecule is NCCc1[nH]nc2cccc(Br)c12. The Bertz CT molecular complexity index is 422. The van der Waals surface area contributed by atoms with Crippen molar-refractivity contribution < 1.29 is 0 Å². The third-order valence-electron chi connectivity index (χ3n) is 2.00. The fraction of sp³-hybridized carbons (Fsp3) is 0.222. The second-order valence-electron chi connectivity index (χ2n) is 2.87. The van der Waals surface area contributed by atoms with Crippen LogP contribution >= 0.6 is 15.9 Å².